The molecule has 6 heteroatoms. The number of nitrogens with two attached hydrogens (primary N) is 2. The molecule has 0 saturated heterocycles. The van der Waals surface area contributed by atoms with E-state index in [-0.39, 0.29) is 0 Å². The van der Waals surface area contributed by atoms with Crippen LogP contribution in [0.25, 0.3) is 11.1 Å². The van der Waals surface area contributed by atoms with E-state index >= 15 is 0 Å². The van der Waals surface area contributed by atoms with Gasteiger partial charge in [0, 0.05) is 36.8 Å². The van der Waals surface area contributed by atoms with Crippen molar-refractivity contribution in [2.75, 3.05) is 7.05 Å². The smallest absolute Gasteiger partial charge is 0.135 e. The van der Waals surface area contributed by atoms with Crippen molar-refractivity contribution in [3.05, 3.63) is 108 Å². The second-order valence-corrected chi connectivity index (χ2v) is 8.12. The maximum absolute atomic E-state index is 5.69. The molecule has 6 nitrogen and oxygen atoms in total. The van der Waals surface area contributed by atoms with Crippen LogP contribution in [-0.2, 0) is 6.42 Å². The average molecular weight is 445 g/mol. The SMILES string of the molecule is C=C(C)c1nc(Cc2ccccc2C)n2ncccc12.C=C(N)/C(=C(\C)N)N(C)C(=C)CC. The van der Waals surface area contributed by atoms with Crippen LogP contribution in [0.5, 0.6) is 0 Å². The van der Waals surface area contributed by atoms with Crippen LogP contribution in [-0.4, -0.2) is 26.5 Å². The standard InChI is InChI=1S/C17H17N3.C10H19N3/c1-12(2)17-15-9-6-10-18-20(15)16(19-17)11-14-8-5-4-7-13(14)3;1-6-7(2)13(5)10(8(3)11)9(4)12/h4-10H,1,11H2,2-3H3;2-3,6,11-12H2,1,4-5H3/b;10-9-. The summed E-state index contributed by atoms with van der Waals surface area (Å²) < 4.78 is 1.91. The van der Waals surface area contributed by atoms with Gasteiger partial charge >= 0.3 is 0 Å². The number of hydrogen-bond acceptors (Lipinski definition) is 5. The summed E-state index contributed by atoms with van der Waals surface area (Å²) in [5.74, 6) is 0.952. The molecular weight excluding hydrogens is 408 g/mol. The molecule has 0 aliphatic carbocycles. The summed E-state index contributed by atoms with van der Waals surface area (Å²) in [6.07, 6.45) is 3.43. The Morgan fingerprint density at radius 3 is 2.27 bits per heavy atom. The molecule has 0 amide bonds. The van der Waals surface area contributed by atoms with Crippen LogP contribution in [0, 0.1) is 6.92 Å². The molecule has 0 unspecified atom stereocenters. The Hall–Kier alpha value is -3.80. The van der Waals surface area contributed by atoms with Crippen molar-refractivity contribution >= 4 is 11.1 Å². The molecule has 0 radical (unpaired) electrons. The van der Waals surface area contributed by atoms with Crippen molar-refractivity contribution in [2.24, 2.45) is 11.5 Å². The van der Waals surface area contributed by atoms with E-state index < -0.39 is 0 Å². The van der Waals surface area contributed by atoms with Crippen molar-refractivity contribution in [1.82, 2.24) is 19.5 Å². The topological polar surface area (TPSA) is 85.5 Å². The van der Waals surface area contributed by atoms with Gasteiger partial charge in [0.05, 0.1) is 16.9 Å². The Labute approximate surface area is 197 Å². The monoisotopic (exact) mass is 444 g/mol. The fraction of sp³-hybridized carbons (Fsp3) is 0.259. The van der Waals surface area contributed by atoms with Crippen molar-refractivity contribution in [3.8, 4) is 0 Å². The van der Waals surface area contributed by atoms with Gasteiger partial charge in [-0.05, 0) is 56.0 Å². The first-order valence-electron chi connectivity index (χ1n) is 10.9. The molecular formula is C27H36N6. The highest BCUT2D eigenvalue weighted by molar-refractivity contribution is 5.73. The van der Waals surface area contributed by atoms with Crippen molar-refractivity contribution in [1.29, 1.82) is 0 Å². The summed E-state index contributed by atoms with van der Waals surface area (Å²) in [7, 11) is 1.88. The van der Waals surface area contributed by atoms with Gasteiger partial charge in [0.1, 0.15) is 5.82 Å². The van der Waals surface area contributed by atoms with Gasteiger partial charge in [0.25, 0.3) is 0 Å². The highest BCUT2D eigenvalue weighted by Crippen LogP contribution is 2.21. The lowest BCUT2D eigenvalue weighted by Crippen LogP contribution is -2.23. The quantitative estimate of drug-likeness (QED) is 0.491. The number of likely N-dealkylation sites (N-methyl/N-ethyl adjacent to an activating group) is 1. The third kappa shape index (κ3) is 6.13. The van der Waals surface area contributed by atoms with Crippen LogP contribution in [0.4, 0.5) is 0 Å². The normalized spacial score (nSPS) is 11.3. The minimum absolute atomic E-state index is 0.470. The van der Waals surface area contributed by atoms with E-state index in [1.54, 1.807) is 13.1 Å². The number of fused-ring (bicyclic) bond motifs is 1. The predicted octanol–water partition coefficient (Wildman–Crippen LogP) is 5.17. The minimum atomic E-state index is 0.470. The van der Waals surface area contributed by atoms with E-state index in [1.165, 1.54) is 11.1 Å². The molecule has 0 aliphatic heterocycles. The molecule has 3 aromatic rings. The van der Waals surface area contributed by atoms with E-state index in [0.717, 1.165) is 46.8 Å². The summed E-state index contributed by atoms with van der Waals surface area (Å²) in [6, 6.07) is 12.3. The van der Waals surface area contributed by atoms with E-state index in [1.807, 2.05) is 42.4 Å². The molecule has 4 N–H and O–H groups in total. The minimum Gasteiger partial charge on any atom is -0.401 e. The third-order valence-electron chi connectivity index (χ3n) is 5.39. The first-order valence-corrected chi connectivity index (χ1v) is 10.9. The number of rotatable bonds is 7. The molecule has 0 atom stereocenters. The zero-order valence-corrected chi connectivity index (χ0v) is 20.5. The Balaban J connectivity index is 0.000000260. The molecule has 3 rings (SSSR count). The van der Waals surface area contributed by atoms with Crippen molar-refractivity contribution in [2.45, 2.75) is 40.5 Å². The molecule has 174 valence electrons. The Morgan fingerprint density at radius 1 is 1.06 bits per heavy atom. The summed E-state index contributed by atoms with van der Waals surface area (Å²) >= 11 is 0. The fourth-order valence-corrected chi connectivity index (χ4v) is 3.53. The Morgan fingerprint density at radius 2 is 1.73 bits per heavy atom. The first kappa shape index (κ1) is 25.5. The first-order chi connectivity index (χ1) is 15.6. The number of aryl methyl sites for hydroxylation is 1. The summed E-state index contributed by atoms with van der Waals surface area (Å²) in [4.78, 5) is 6.60. The lowest BCUT2D eigenvalue weighted by Gasteiger charge is -2.25. The number of aromatic nitrogens is 3. The number of hydrogen-bond donors (Lipinski definition) is 2. The predicted molar refractivity (Wildman–Crippen MR) is 139 cm³/mol. The number of benzene rings is 1. The molecule has 2 aromatic heterocycles. The Bertz CT molecular complexity index is 1190. The van der Waals surface area contributed by atoms with E-state index in [4.69, 9.17) is 16.5 Å². The fourth-order valence-electron chi connectivity index (χ4n) is 3.53. The molecule has 0 fully saturated rings. The van der Waals surface area contributed by atoms with Crippen LogP contribution in [0.15, 0.2) is 85.1 Å². The lowest BCUT2D eigenvalue weighted by atomic mass is 10.1. The van der Waals surface area contributed by atoms with Gasteiger partial charge in [-0.15, -0.1) is 0 Å². The van der Waals surface area contributed by atoms with Gasteiger partial charge in [-0.3, -0.25) is 0 Å². The summed E-state index contributed by atoms with van der Waals surface area (Å²) in [6.45, 7) is 19.5. The number of imidazole rings is 1. The Kier molecular flexibility index (Phi) is 8.63. The lowest BCUT2D eigenvalue weighted by molar-refractivity contribution is 0.504. The van der Waals surface area contributed by atoms with Crippen LogP contribution >= 0.6 is 0 Å². The number of allylic oxidation sites excluding steroid dienone is 3. The largest absolute Gasteiger partial charge is 0.401 e. The second kappa shape index (κ2) is 11.2. The molecule has 2 heterocycles. The zero-order chi connectivity index (χ0) is 24.7. The van der Waals surface area contributed by atoms with Crippen molar-refractivity contribution < 1.29 is 0 Å². The summed E-state index contributed by atoms with van der Waals surface area (Å²) in [5.41, 5.74) is 19.6. The van der Waals surface area contributed by atoms with Crippen LogP contribution in [0.3, 0.4) is 0 Å². The van der Waals surface area contributed by atoms with Gasteiger partial charge < -0.3 is 16.4 Å². The highest BCUT2D eigenvalue weighted by atomic mass is 15.3. The van der Waals surface area contributed by atoms with Crippen LogP contribution in [0.2, 0.25) is 0 Å². The van der Waals surface area contributed by atoms with Crippen LogP contribution in [0.1, 0.15) is 49.8 Å². The maximum atomic E-state index is 5.69. The van der Waals surface area contributed by atoms with E-state index in [0.29, 0.717) is 11.4 Å². The number of nitrogens with zero attached hydrogens (tertiary/aromatic N) is 4. The molecule has 33 heavy (non-hydrogen) atoms. The summed E-state index contributed by atoms with van der Waals surface area (Å²) in [5, 5.41) is 4.42. The highest BCUT2D eigenvalue weighted by Gasteiger charge is 2.13. The third-order valence-corrected chi connectivity index (χ3v) is 5.39. The van der Waals surface area contributed by atoms with E-state index in [9.17, 15) is 0 Å². The van der Waals surface area contributed by atoms with Crippen LogP contribution < -0.4 is 11.5 Å². The second-order valence-electron chi connectivity index (χ2n) is 8.12. The van der Waals surface area contributed by atoms with Gasteiger partial charge in [0.15, 0.2) is 0 Å². The molecule has 0 bridgehead atoms. The van der Waals surface area contributed by atoms with Gasteiger partial charge in [0.2, 0.25) is 0 Å². The van der Waals surface area contributed by atoms with E-state index in [2.05, 4.69) is 56.0 Å². The van der Waals surface area contributed by atoms with Gasteiger partial charge in [-0.1, -0.05) is 50.9 Å². The molecule has 0 saturated carbocycles. The van der Waals surface area contributed by atoms with Gasteiger partial charge in [-0.25, -0.2) is 9.50 Å². The average Bonchev–Trinajstić information content (AvgIpc) is 3.13. The van der Waals surface area contributed by atoms with Gasteiger partial charge in [-0.2, -0.15) is 5.10 Å². The van der Waals surface area contributed by atoms with Crippen molar-refractivity contribution in [3.63, 3.8) is 0 Å². The molecule has 1 aromatic carbocycles. The zero-order valence-electron chi connectivity index (χ0n) is 20.5. The maximum Gasteiger partial charge on any atom is 0.135 e. The molecule has 0 aliphatic rings. The molecule has 0 spiro atoms.